The SMILES string of the molecule is CC(=O)O[C@H]1C(=O)[C@]2(C)C(OC(=O)CC3SC[C@@H]4NC(=O)N[C@H]34)C[C@H]3OC[C@@]3(OC(C)=O)C2[C@H](OC(=O)c2ccccc2)[C@]2(O)C[C@H](OC(=O)[C@H](C)[C@@H](NC(=O)c3ccccc3)c3ccccc3)C(C)=C1C2(C)C.CC(=O)O[C@H]1C(=O)[C@]2(C)C(OC(=O)CC3SC[C@@H]4NC(=O)N[C@H]34)C[C@H]3OC[C@@]3(OC(C)=O)C2[C@H](OC(=O)c2ccccc2)[C@]2(O)C[C@H](OC(=O)[C@H](O)[C@@H](NC(=O)c3ccccc3)c3ccccc3)C(C)=C1C2(C)C. The van der Waals surface area contributed by atoms with Crippen LogP contribution in [0.25, 0.3) is 0 Å². The lowest BCUT2D eigenvalue weighted by atomic mass is 9.44. The van der Waals surface area contributed by atoms with Crippen LogP contribution in [-0.2, 0) is 105 Å². The van der Waals surface area contributed by atoms with Crippen LogP contribution in [0.3, 0.4) is 0 Å². The topological polar surface area (TPSA) is 517 Å². The lowest BCUT2D eigenvalue weighted by Crippen LogP contribution is -2.82. The van der Waals surface area contributed by atoms with Gasteiger partial charge in [0.05, 0.1) is 102 Å². The van der Waals surface area contributed by atoms with Crippen LogP contribution in [0.4, 0.5) is 9.59 Å². The van der Waals surface area contributed by atoms with Crippen molar-refractivity contribution in [3.8, 4) is 0 Å². The molecule has 4 bridgehead atoms. The summed E-state index contributed by atoms with van der Waals surface area (Å²) < 4.78 is 75.6. The van der Waals surface area contributed by atoms with Crippen molar-refractivity contribution >= 4 is 119 Å². The Kier molecular flexibility index (Phi) is 29.7. The van der Waals surface area contributed by atoms with Crippen molar-refractivity contribution in [2.75, 3.05) is 24.7 Å². The molecule has 6 aromatic rings. The molecule has 28 atom stereocenters. The monoisotopic (exact) mass is 2070 g/mol. The highest BCUT2D eigenvalue weighted by molar-refractivity contribution is 8.00. The lowest BCUT2D eigenvalue weighted by Gasteiger charge is -2.67. The lowest BCUT2D eigenvalue weighted by molar-refractivity contribution is -0.346. The van der Waals surface area contributed by atoms with Gasteiger partial charge < -0.3 is 104 Å². The van der Waals surface area contributed by atoms with E-state index < -0.39 is 254 Å². The number of fused-ring (bicyclic) bond motifs is 12. The number of hydrogen-bond acceptors (Lipinski definition) is 33. The molecule has 6 aliphatic carbocycles. The molecule has 10 fully saturated rings. The number of ketones is 2. The Morgan fingerprint density at radius 1 is 0.432 bits per heavy atom. The Morgan fingerprint density at radius 2 is 0.770 bits per heavy atom. The van der Waals surface area contributed by atoms with Gasteiger partial charge in [0.2, 0.25) is 0 Å². The summed E-state index contributed by atoms with van der Waals surface area (Å²) in [6.07, 6.45) is -19.7. The van der Waals surface area contributed by atoms with Crippen LogP contribution in [0.1, 0.15) is 193 Å². The first-order chi connectivity index (χ1) is 70.2. The number of carbonyl (C=O) groups excluding carboxylic acids is 16. The van der Waals surface area contributed by atoms with Gasteiger partial charge in [-0.25, -0.2) is 24.0 Å². The summed E-state index contributed by atoms with van der Waals surface area (Å²) in [5, 5.41) is 56.5. The Hall–Kier alpha value is -13.2. The molecule has 0 radical (unpaired) electrons. The van der Waals surface area contributed by atoms with Crippen LogP contribution in [0, 0.1) is 39.4 Å². The molecule has 148 heavy (non-hydrogen) atoms. The van der Waals surface area contributed by atoms with E-state index in [4.69, 9.17) is 56.8 Å². The van der Waals surface area contributed by atoms with Gasteiger partial charge in [0.15, 0.2) is 41.1 Å². The van der Waals surface area contributed by atoms with Gasteiger partial charge in [-0.15, -0.1) is 0 Å². The summed E-state index contributed by atoms with van der Waals surface area (Å²) >= 11 is 2.92. The fourth-order valence-electron chi connectivity index (χ4n) is 24.7. The van der Waals surface area contributed by atoms with E-state index in [0.29, 0.717) is 28.2 Å². The molecular formula is C109H120N6O31S2. The molecule has 6 aliphatic heterocycles. The highest BCUT2D eigenvalue weighted by Crippen LogP contribution is 2.68. The first kappa shape index (κ1) is 106. The summed E-state index contributed by atoms with van der Waals surface area (Å²) in [4.78, 5) is 226. The molecule has 39 heteroatoms. The van der Waals surface area contributed by atoms with Gasteiger partial charge in [-0.2, -0.15) is 23.5 Å². The number of carbonyl (C=O) groups is 16. The highest BCUT2D eigenvalue weighted by Gasteiger charge is 2.82. The number of Topliss-reactive ketones (excluding diaryl/α,β-unsaturated/α-hetero) is 2. The molecule has 6 aromatic carbocycles. The van der Waals surface area contributed by atoms with E-state index in [1.54, 1.807) is 199 Å². The number of rotatable bonds is 26. The maximum Gasteiger partial charge on any atom is 0.338 e. The largest absolute Gasteiger partial charge is 0.461 e. The van der Waals surface area contributed by atoms with Crippen LogP contribution in [0.5, 0.6) is 0 Å². The van der Waals surface area contributed by atoms with E-state index >= 15 is 9.59 Å². The molecule has 18 rings (SSSR count). The van der Waals surface area contributed by atoms with Crippen molar-refractivity contribution in [3.63, 3.8) is 0 Å². The van der Waals surface area contributed by atoms with E-state index in [1.165, 1.54) is 75.5 Å². The summed E-state index contributed by atoms with van der Waals surface area (Å²) in [7, 11) is 0. The normalized spacial score (nSPS) is 33.2. The number of aliphatic hydroxyl groups excluding tert-OH is 1. The summed E-state index contributed by atoms with van der Waals surface area (Å²) in [6.45, 7) is 17.7. The van der Waals surface area contributed by atoms with Crippen molar-refractivity contribution in [1.82, 2.24) is 31.9 Å². The van der Waals surface area contributed by atoms with Crippen LogP contribution < -0.4 is 31.9 Å². The zero-order valence-electron chi connectivity index (χ0n) is 83.7. The predicted molar refractivity (Wildman–Crippen MR) is 526 cm³/mol. The second-order valence-electron chi connectivity index (χ2n) is 41.6. The molecule has 9 N–H and O–H groups in total. The Bertz CT molecular complexity index is 5930. The third-order valence-electron chi connectivity index (χ3n) is 32.4. The zero-order valence-corrected chi connectivity index (χ0v) is 85.3. The van der Waals surface area contributed by atoms with Gasteiger partial charge in [0, 0.05) is 97.3 Å². The number of thioether (sulfide) groups is 2. The third kappa shape index (κ3) is 19.2. The van der Waals surface area contributed by atoms with Gasteiger partial charge in [-0.1, -0.05) is 161 Å². The van der Waals surface area contributed by atoms with Gasteiger partial charge in [-0.3, -0.25) is 52.7 Å². The average Bonchev–Trinajstić information content (AvgIpc) is 0.960. The van der Waals surface area contributed by atoms with E-state index in [0.717, 1.165) is 20.8 Å². The molecule has 12 aliphatic rings. The molecule has 6 saturated heterocycles. The molecule has 0 aromatic heterocycles. The number of esters is 10. The number of benzene rings is 6. The molecule has 784 valence electrons. The maximum atomic E-state index is 16.3. The first-order valence-corrected chi connectivity index (χ1v) is 51.4. The summed E-state index contributed by atoms with van der Waals surface area (Å²) in [5.41, 5.74) is -14.4. The van der Waals surface area contributed by atoms with Crippen molar-refractivity contribution < 1.29 is 149 Å². The van der Waals surface area contributed by atoms with Gasteiger partial charge >= 0.3 is 71.8 Å². The smallest absolute Gasteiger partial charge is 0.338 e. The van der Waals surface area contributed by atoms with E-state index in [-0.39, 0.29) is 108 Å². The molecule has 37 nitrogen and oxygen atoms in total. The number of hydrogen-bond donors (Lipinski definition) is 9. The van der Waals surface area contributed by atoms with Crippen LogP contribution >= 0.6 is 23.5 Å². The van der Waals surface area contributed by atoms with Gasteiger partial charge in [-0.05, 0) is 117 Å². The van der Waals surface area contributed by atoms with Crippen LogP contribution in [0.2, 0.25) is 0 Å². The number of urea groups is 2. The first-order valence-electron chi connectivity index (χ1n) is 49.3. The van der Waals surface area contributed by atoms with Crippen LogP contribution in [-0.4, -0.2) is 259 Å². The molecule has 6 heterocycles. The zero-order chi connectivity index (χ0) is 106. The predicted octanol–water partition coefficient (Wildman–Crippen LogP) is 8.96. The second kappa shape index (κ2) is 41.4. The molecule has 4 saturated carbocycles. The minimum absolute atomic E-state index is 0.0303. The van der Waals surface area contributed by atoms with Crippen LogP contribution in [0.15, 0.2) is 204 Å². The highest BCUT2D eigenvalue weighted by atomic mass is 32.2. The Balaban J connectivity index is 0.000000202. The maximum absolute atomic E-state index is 16.3. The van der Waals surface area contributed by atoms with E-state index in [1.807, 2.05) is 0 Å². The summed E-state index contributed by atoms with van der Waals surface area (Å²) in [6, 6.07) is 45.1. The quantitative estimate of drug-likeness (QED) is 0.0106. The minimum Gasteiger partial charge on any atom is -0.461 e. The van der Waals surface area contributed by atoms with Crippen molar-refractivity contribution in [2.45, 2.75) is 265 Å². The number of nitrogens with one attached hydrogen (secondary N) is 6. The summed E-state index contributed by atoms with van der Waals surface area (Å²) in [5.74, 6) is -15.0. The molecule has 0 spiro atoms. The average molecular weight is 2070 g/mol. The standard InChI is InChI=1S/C55H61N3O15S.C54H59N3O16S/c1-28-36(70-49(64)29(2)42(32-17-11-8-12-18-32)57-48(63)33-19-13-9-14-20-33)25-55(67)47(72-50(65)34-21-15-10-16-22-34)45-53(7,46(62)44(69-30(3)59)41(28)52(55,5)6)38(24-39-54(45,27-68-39)73-31(4)60)71-40(61)23-37-43-35(26-74-37)56-51(66)58-43;1-27-34(70-49(65)42(61)40(30-16-10-7-11-17-30)56-47(63)31-18-12-8-13-19-31)24-54(67)46(72-48(64)32-20-14-9-15-21-32)44-52(6,45(62)43(69-28(2)58)39(27)51(54,4)5)36(23-37-53(44,26-68-37)73-29(3)59)71-38(60)22-35-41-33(25-74-35)55-50(66)57-41/h8-22,29,35-39,42-45,47,67H,23-27H2,1-7H3,(H,57,63)(H2,56,58,66);7-21,33-37,40-44,46,61,67H,22-26H2,1-6H3,(H,56,63)(H2,55,57,66)/t29-,35+,36+,37?,38?,39-,42-,43+,44-,45?,47+,53-,54+,55-;33-,34-,35?,36?,37+,40-,41-,42+,43+,44?,46-,52+,53-,54+/m10/s1. The van der Waals surface area contributed by atoms with Crippen molar-refractivity contribution in [1.29, 1.82) is 0 Å². The number of aliphatic hydroxyl groups is 3. The third-order valence-corrected chi connectivity index (χ3v) is 35.2. The molecule has 6 amide bonds. The van der Waals surface area contributed by atoms with Crippen molar-refractivity contribution in [2.24, 2.45) is 39.4 Å². The van der Waals surface area contributed by atoms with E-state index in [2.05, 4.69) is 31.9 Å². The van der Waals surface area contributed by atoms with E-state index in [9.17, 15) is 82.4 Å². The fourth-order valence-corrected chi connectivity index (χ4v) is 27.7. The molecule has 6 unspecified atom stereocenters. The number of ether oxygens (including phenoxy) is 12. The van der Waals surface area contributed by atoms with Crippen molar-refractivity contribution in [3.05, 3.63) is 238 Å². The minimum atomic E-state index is -2.49. The number of amides is 6. The second-order valence-corrected chi connectivity index (χ2v) is 44.2. The molecular weight excluding hydrogens is 1950 g/mol. The van der Waals surface area contributed by atoms with Gasteiger partial charge in [0.1, 0.15) is 60.0 Å². The Morgan fingerprint density at radius 3 is 1.11 bits per heavy atom. The Labute approximate surface area is 861 Å². The fraction of sp³-hybridized carbons (Fsp3) is 0.486. The van der Waals surface area contributed by atoms with Gasteiger partial charge in [0.25, 0.3) is 11.8 Å².